The van der Waals surface area contributed by atoms with E-state index in [1.54, 1.807) is 6.20 Å². The van der Waals surface area contributed by atoms with Crippen molar-refractivity contribution in [3.8, 4) is 0 Å². The van der Waals surface area contributed by atoms with Crippen molar-refractivity contribution in [3.05, 3.63) is 50.5 Å². The van der Waals surface area contributed by atoms with Crippen LogP contribution in [0.4, 0.5) is 11.4 Å². The van der Waals surface area contributed by atoms with Crippen LogP contribution in [0.2, 0.25) is 0 Å². The Labute approximate surface area is 125 Å². The fourth-order valence-corrected chi connectivity index (χ4v) is 2.67. The monoisotopic (exact) mass is 306 g/mol. The van der Waals surface area contributed by atoms with Gasteiger partial charge in [0, 0.05) is 23.2 Å². The van der Waals surface area contributed by atoms with Crippen LogP contribution in [-0.4, -0.2) is 15.8 Å². The number of benzene rings is 1. The lowest BCUT2D eigenvalue weighted by atomic mass is 10.1. The van der Waals surface area contributed by atoms with Gasteiger partial charge < -0.3 is 11.1 Å². The van der Waals surface area contributed by atoms with Crippen LogP contribution in [-0.2, 0) is 0 Å². The zero-order valence-electron chi connectivity index (χ0n) is 11.3. The molecule has 0 fully saturated rings. The Hall–Kier alpha value is -2.48. The number of nitro benzene ring substituents is 1. The Morgan fingerprint density at radius 1 is 1.57 bits per heavy atom. The zero-order valence-corrected chi connectivity index (χ0v) is 12.1. The number of nitrogens with one attached hydrogen (secondary N) is 1. The molecule has 1 heterocycles. The van der Waals surface area contributed by atoms with E-state index in [1.807, 2.05) is 12.3 Å². The third-order valence-electron chi connectivity index (χ3n) is 2.97. The Morgan fingerprint density at radius 2 is 2.33 bits per heavy atom. The van der Waals surface area contributed by atoms with E-state index in [-0.39, 0.29) is 23.0 Å². The van der Waals surface area contributed by atoms with Crippen LogP contribution in [0.15, 0.2) is 29.8 Å². The Balaban J connectivity index is 2.38. The van der Waals surface area contributed by atoms with E-state index in [1.165, 1.54) is 29.5 Å². The first-order valence-electron chi connectivity index (χ1n) is 6.27. The Morgan fingerprint density at radius 3 is 2.86 bits per heavy atom. The predicted molar refractivity (Wildman–Crippen MR) is 80.4 cm³/mol. The normalized spacial score (nSPS) is 11.9. The van der Waals surface area contributed by atoms with Gasteiger partial charge in [-0.2, -0.15) is 0 Å². The van der Waals surface area contributed by atoms with Crippen LogP contribution in [0.3, 0.4) is 0 Å². The quantitative estimate of drug-likeness (QED) is 0.629. The number of hydrogen-bond donors (Lipinski definition) is 2. The summed E-state index contributed by atoms with van der Waals surface area (Å²) in [6, 6.07) is 3.86. The van der Waals surface area contributed by atoms with Gasteiger partial charge in [-0.25, -0.2) is 4.98 Å². The molecule has 0 radical (unpaired) electrons. The van der Waals surface area contributed by atoms with Crippen molar-refractivity contribution >= 4 is 28.6 Å². The summed E-state index contributed by atoms with van der Waals surface area (Å²) in [5.41, 5.74) is 5.60. The summed E-state index contributed by atoms with van der Waals surface area (Å²) < 4.78 is 0. The van der Waals surface area contributed by atoms with E-state index in [2.05, 4.69) is 10.3 Å². The fourth-order valence-electron chi connectivity index (χ4n) is 1.90. The second kappa shape index (κ2) is 6.31. The highest BCUT2D eigenvalue weighted by atomic mass is 32.1. The van der Waals surface area contributed by atoms with Gasteiger partial charge in [0.25, 0.3) is 5.69 Å². The van der Waals surface area contributed by atoms with Crippen molar-refractivity contribution in [3.63, 3.8) is 0 Å². The minimum Gasteiger partial charge on any atom is -0.370 e. The molecule has 2 aromatic rings. The van der Waals surface area contributed by atoms with Gasteiger partial charge in [0.1, 0.15) is 10.7 Å². The van der Waals surface area contributed by atoms with Crippen molar-refractivity contribution in [2.24, 2.45) is 5.73 Å². The summed E-state index contributed by atoms with van der Waals surface area (Å²) in [5.74, 6) is -0.629. The highest BCUT2D eigenvalue weighted by molar-refractivity contribution is 7.09. The van der Waals surface area contributed by atoms with Crippen molar-refractivity contribution in [1.82, 2.24) is 4.98 Å². The van der Waals surface area contributed by atoms with Crippen LogP contribution in [0, 0.1) is 10.1 Å². The molecule has 1 atom stereocenters. The maximum Gasteiger partial charge on any atom is 0.292 e. The van der Waals surface area contributed by atoms with Gasteiger partial charge >= 0.3 is 0 Å². The molecule has 1 aromatic heterocycles. The second-order valence-corrected chi connectivity index (χ2v) is 5.25. The lowest BCUT2D eigenvalue weighted by molar-refractivity contribution is -0.384. The van der Waals surface area contributed by atoms with Gasteiger partial charge in [0.2, 0.25) is 5.91 Å². The lowest BCUT2D eigenvalue weighted by Gasteiger charge is -2.16. The number of carbonyl (C=O) groups excluding carboxylic acids is 1. The Kier molecular flexibility index (Phi) is 4.49. The zero-order chi connectivity index (χ0) is 15.4. The molecule has 0 aliphatic heterocycles. The molecule has 0 bridgehead atoms. The van der Waals surface area contributed by atoms with Crippen LogP contribution >= 0.6 is 11.3 Å². The molecule has 3 N–H and O–H groups in total. The number of primary amides is 1. The molecule has 0 aliphatic carbocycles. The molecule has 110 valence electrons. The van der Waals surface area contributed by atoms with E-state index in [4.69, 9.17) is 5.73 Å². The van der Waals surface area contributed by atoms with Gasteiger partial charge in [-0.05, 0) is 18.6 Å². The molecule has 0 aliphatic rings. The molecular formula is C13H14N4O3S. The molecule has 1 unspecified atom stereocenters. The summed E-state index contributed by atoms with van der Waals surface area (Å²) in [4.78, 5) is 26.0. The number of thiazole rings is 1. The van der Waals surface area contributed by atoms with Crippen LogP contribution in [0.1, 0.15) is 34.8 Å². The largest absolute Gasteiger partial charge is 0.370 e. The number of nitro groups is 1. The number of rotatable bonds is 6. The molecule has 0 saturated carbocycles. The van der Waals surface area contributed by atoms with Crippen LogP contribution in [0.25, 0.3) is 0 Å². The average Bonchev–Trinajstić information content (AvgIpc) is 2.98. The molecule has 7 nitrogen and oxygen atoms in total. The first-order chi connectivity index (χ1) is 10.0. The van der Waals surface area contributed by atoms with E-state index in [9.17, 15) is 14.9 Å². The van der Waals surface area contributed by atoms with E-state index in [0.717, 1.165) is 5.01 Å². The third-order valence-corrected chi connectivity index (χ3v) is 3.85. The average molecular weight is 306 g/mol. The fraction of sp³-hybridized carbons (Fsp3) is 0.231. The topological polar surface area (TPSA) is 111 Å². The van der Waals surface area contributed by atoms with Crippen LogP contribution in [0.5, 0.6) is 0 Å². The first kappa shape index (κ1) is 14.9. The smallest absolute Gasteiger partial charge is 0.292 e. The summed E-state index contributed by atoms with van der Waals surface area (Å²) >= 11 is 1.46. The molecule has 21 heavy (non-hydrogen) atoms. The summed E-state index contributed by atoms with van der Waals surface area (Å²) in [6.45, 7) is 1.95. The minimum absolute atomic E-state index is 0.102. The predicted octanol–water partition coefficient (Wildman–Crippen LogP) is 2.71. The number of nitrogens with two attached hydrogens (primary N) is 1. The van der Waals surface area contributed by atoms with Gasteiger partial charge in [-0.1, -0.05) is 6.92 Å². The highest BCUT2D eigenvalue weighted by Crippen LogP contribution is 2.31. The molecule has 2 rings (SSSR count). The van der Waals surface area contributed by atoms with E-state index in [0.29, 0.717) is 6.42 Å². The molecule has 0 saturated heterocycles. The SMILES string of the molecule is CCC(Nc1cc(C(N)=O)ccc1[N+](=O)[O-])c1nccs1. The number of aromatic nitrogens is 1. The molecule has 0 spiro atoms. The van der Waals surface area contributed by atoms with Gasteiger partial charge in [-0.15, -0.1) is 11.3 Å². The summed E-state index contributed by atoms with van der Waals surface area (Å²) in [5, 5.41) is 16.8. The van der Waals surface area contributed by atoms with Crippen LogP contribution < -0.4 is 11.1 Å². The van der Waals surface area contributed by atoms with Crippen molar-refractivity contribution in [1.29, 1.82) is 0 Å². The molecule has 1 amide bonds. The maximum absolute atomic E-state index is 11.2. The first-order valence-corrected chi connectivity index (χ1v) is 7.15. The second-order valence-electron chi connectivity index (χ2n) is 4.33. The lowest BCUT2D eigenvalue weighted by Crippen LogP contribution is -2.14. The molecule has 1 aromatic carbocycles. The van der Waals surface area contributed by atoms with Gasteiger partial charge in [0.15, 0.2) is 0 Å². The molecular weight excluding hydrogens is 292 g/mol. The third kappa shape index (κ3) is 3.34. The van der Waals surface area contributed by atoms with Crippen molar-refractivity contribution in [2.75, 3.05) is 5.32 Å². The van der Waals surface area contributed by atoms with Gasteiger partial charge in [-0.3, -0.25) is 14.9 Å². The maximum atomic E-state index is 11.2. The summed E-state index contributed by atoms with van der Waals surface area (Å²) in [7, 11) is 0. The van der Waals surface area contributed by atoms with Crippen molar-refractivity contribution in [2.45, 2.75) is 19.4 Å². The highest BCUT2D eigenvalue weighted by Gasteiger charge is 2.20. The minimum atomic E-state index is -0.629. The van der Waals surface area contributed by atoms with E-state index >= 15 is 0 Å². The number of hydrogen-bond acceptors (Lipinski definition) is 6. The van der Waals surface area contributed by atoms with Crippen molar-refractivity contribution < 1.29 is 9.72 Å². The van der Waals surface area contributed by atoms with E-state index < -0.39 is 10.8 Å². The number of nitrogens with zero attached hydrogens (tertiary/aromatic N) is 2. The Bertz CT molecular complexity index is 657. The number of anilines is 1. The summed E-state index contributed by atoms with van der Waals surface area (Å²) in [6.07, 6.45) is 2.38. The number of carbonyl (C=O) groups is 1. The standard InChI is InChI=1S/C13H14N4O3S/c1-2-9(13-15-5-6-21-13)16-10-7-8(12(14)18)3-4-11(10)17(19)20/h3-7,9,16H,2H2,1H3,(H2,14,18). The molecule has 8 heteroatoms. The number of amides is 1. The van der Waals surface area contributed by atoms with Gasteiger partial charge in [0.05, 0.1) is 11.0 Å².